The van der Waals surface area contributed by atoms with Gasteiger partial charge in [-0.1, -0.05) is 190 Å². The van der Waals surface area contributed by atoms with Gasteiger partial charge in [-0.2, -0.15) is 39.5 Å². The average molecular weight is 1630 g/mol. The molecular formula is C90H123B3F9N9O6. The second kappa shape index (κ2) is 39.6. The fraction of sp³-hybridized carbons (Fsp3) is 0.567. The lowest BCUT2D eigenvalue weighted by Gasteiger charge is -2.50. The number of carbonyl (C=O) groups excluding carboxylic acids is 3. The van der Waals surface area contributed by atoms with E-state index < -0.39 is 56.4 Å². The zero-order chi connectivity index (χ0) is 85.1. The van der Waals surface area contributed by atoms with E-state index in [2.05, 4.69) is 77.0 Å². The first-order chi connectivity index (χ1) is 55.0. The molecule has 3 amide bonds. The molecule has 6 aromatic rings. The van der Waals surface area contributed by atoms with Crippen molar-refractivity contribution >= 4 is 38.9 Å². The molecule has 6 aromatic carbocycles. The second-order valence-corrected chi connectivity index (χ2v) is 36.6. The minimum Gasteiger partial charge on any atom is -0.437 e. The third kappa shape index (κ3) is 24.8. The van der Waals surface area contributed by atoms with Gasteiger partial charge in [0.05, 0.1) is 34.8 Å². The molecule has 6 saturated heterocycles. The number of benzene rings is 6. The Kier molecular flexibility index (Phi) is 31.2. The predicted octanol–water partition coefficient (Wildman–Crippen LogP) is 16.7. The lowest BCUT2D eigenvalue weighted by atomic mass is 9.80. The molecule has 6 atom stereocenters. The summed E-state index contributed by atoms with van der Waals surface area (Å²) in [6.07, 6.45) is -6.17. The molecule has 6 heterocycles. The predicted molar refractivity (Wildman–Crippen MR) is 447 cm³/mol. The second-order valence-electron chi connectivity index (χ2n) is 36.6. The van der Waals surface area contributed by atoms with Crippen molar-refractivity contribution in [3.63, 3.8) is 0 Å². The van der Waals surface area contributed by atoms with Crippen LogP contribution in [0.15, 0.2) is 164 Å². The SMILES string of the molecule is CB(O)N1CCC(CC(=O)N2CCN(C(c3ccccc3)c3ccc(C(F)(F)F)cc3)C[C@@H]2C(C)(C)C)CC1.CB(O)N1CCC(CC(=O)N2CCN(C(c3ccccc3)c3ccc(C(F)(F)F)cc3)C[C@@H]2C(C)(C)C)CC1.CB(O)N1CCC(CC(=O)N2CCN(C(c3ccccc3)c3ccc(C(F)(F)F)cc3)C[C@@H]2C(C)(C)C)CC1. The number of carbonyl (C=O) groups is 3. The van der Waals surface area contributed by atoms with E-state index in [0.717, 1.165) is 148 Å². The van der Waals surface area contributed by atoms with Gasteiger partial charge in [-0.05, 0) is 202 Å². The number of amides is 3. The van der Waals surface area contributed by atoms with E-state index in [0.29, 0.717) is 95.9 Å². The van der Waals surface area contributed by atoms with Gasteiger partial charge < -0.3 is 44.2 Å². The summed E-state index contributed by atoms with van der Waals surface area (Å²) in [5.41, 5.74) is 3.02. The number of piperazine rings is 3. The minimum absolute atomic E-state index is 0.0306. The van der Waals surface area contributed by atoms with Gasteiger partial charge in [-0.15, -0.1) is 0 Å². The maximum atomic E-state index is 13.6. The standard InChI is InChI=1S/3C30H41BF3N3O2/c3*1-29(2,3)26-21-35(18-19-37(26)27(38)20-22-14-16-36(17-15-22)31(4)39)28(23-8-6-5-7-9-23)24-10-12-25(13-11-24)30(32,33)34/h3*5-13,22,26,28,39H,14-21H2,1-4H3/t3*26-,28?/m111/s1. The van der Waals surface area contributed by atoms with Crippen LogP contribution in [0.25, 0.3) is 0 Å². The summed E-state index contributed by atoms with van der Waals surface area (Å²) in [4.78, 5) is 60.1. The van der Waals surface area contributed by atoms with Crippen LogP contribution in [0.3, 0.4) is 0 Å². The van der Waals surface area contributed by atoms with Gasteiger partial charge in [-0.3, -0.25) is 29.1 Å². The van der Waals surface area contributed by atoms with E-state index in [4.69, 9.17) is 0 Å². The van der Waals surface area contributed by atoms with Gasteiger partial charge in [-0.25, -0.2) is 0 Å². The Morgan fingerprint density at radius 1 is 0.316 bits per heavy atom. The van der Waals surface area contributed by atoms with Gasteiger partial charge in [0.2, 0.25) is 17.7 Å². The van der Waals surface area contributed by atoms with Crippen LogP contribution in [0.5, 0.6) is 0 Å². The Bertz CT molecular complexity index is 3660. The van der Waals surface area contributed by atoms with Gasteiger partial charge in [0.15, 0.2) is 0 Å². The molecule has 6 fully saturated rings. The van der Waals surface area contributed by atoms with E-state index in [1.54, 1.807) is 56.9 Å². The molecule has 636 valence electrons. The molecule has 3 unspecified atom stereocenters. The maximum absolute atomic E-state index is 13.6. The van der Waals surface area contributed by atoms with Gasteiger partial charge in [0, 0.05) is 96.3 Å². The first-order valence-electron chi connectivity index (χ1n) is 42.1. The summed E-state index contributed by atoms with van der Waals surface area (Å²) in [5, 5.41) is 29.6. The molecule has 3 N–H and O–H groups in total. The Morgan fingerprint density at radius 2 is 0.513 bits per heavy atom. The third-order valence-electron chi connectivity index (χ3n) is 25.2. The molecule has 0 radical (unpaired) electrons. The first kappa shape index (κ1) is 92.2. The normalized spacial score (nSPS) is 21.1. The van der Waals surface area contributed by atoms with Crippen LogP contribution >= 0.6 is 0 Å². The van der Waals surface area contributed by atoms with Crippen LogP contribution in [0.2, 0.25) is 20.5 Å². The number of halogens is 9. The summed E-state index contributed by atoms with van der Waals surface area (Å²) in [6.45, 7) is 35.1. The Hall–Kier alpha value is -7.07. The van der Waals surface area contributed by atoms with E-state index in [1.165, 1.54) is 0 Å². The van der Waals surface area contributed by atoms with Crippen molar-refractivity contribution < 1.29 is 69.0 Å². The van der Waals surface area contributed by atoms with Crippen molar-refractivity contribution in [3.8, 4) is 0 Å². The lowest BCUT2D eigenvalue weighted by Crippen LogP contribution is -2.60. The number of nitrogens with zero attached hydrogens (tertiary/aromatic N) is 9. The highest BCUT2D eigenvalue weighted by atomic mass is 19.4. The Balaban J connectivity index is 0.000000185. The van der Waals surface area contributed by atoms with Crippen LogP contribution in [0.1, 0.15) is 188 Å². The molecular weight excluding hydrogens is 1510 g/mol. The van der Waals surface area contributed by atoms with E-state index >= 15 is 0 Å². The maximum Gasteiger partial charge on any atom is 0.416 e. The molecule has 0 aromatic heterocycles. The summed E-state index contributed by atoms with van der Waals surface area (Å²) in [6, 6.07) is 45.4. The Labute approximate surface area is 689 Å². The number of hydrogen-bond donors (Lipinski definition) is 3. The van der Waals surface area contributed by atoms with Crippen LogP contribution in [-0.2, 0) is 32.9 Å². The van der Waals surface area contributed by atoms with E-state index in [-0.39, 0.29) is 70.2 Å². The van der Waals surface area contributed by atoms with Crippen LogP contribution in [-0.4, -0.2) is 214 Å². The number of alkyl halides is 9. The van der Waals surface area contributed by atoms with Crippen LogP contribution < -0.4 is 0 Å². The smallest absolute Gasteiger partial charge is 0.416 e. The highest BCUT2D eigenvalue weighted by Gasteiger charge is 2.46. The van der Waals surface area contributed by atoms with Crippen molar-refractivity contribution in [2.45, 2.75) is 195 Å². The molecule has 0 saturated carbocycles. The Morgan fingerprint density at radius 3 is 0.692 bits per heavy atom. The molecule has 6 aliphatic heterocycles. The molecule has 15 nitrogen and oxygen atoms in total. The number of rotatable bonds is 18. The van der Waals surface area contributed by atoms with Crippen molar-refractivity contribution in [1.29, 1.82) is 0 Å². The molecule has 117 heavy (non-hydrogen) atoms. The summed E-state index contributed by atoms with van der Waals surface area (Å²) in [7, 11) is -1.37. The van der Waals surface area contributed by atoms with Gasteiger partial charge in [0.1, 0.15) is 0 Å². The first-order valence-corrected chi connectivity index (χ1v) is 42.1. The van der Waals surface area contributed by atoms with Gasteiger partial charge in [0.25, 0.3) is 0 Å². The van der Waals surface area contributed by atoms with E-state index in [1.807, 2.05) is 120 Å². The quantitative estimate of drug-likeness (QED) is 0.0557. The minimum atomic E-state index is -4.38. The van der Waals surface area contributed by atoms with Crippen LogP contribution in [0.4, 0.5) is 39.5 Å². The van der Waals surface area contributed by atoms with Crippen LogP contribution in [0, 0.1) is 34.0 Å². The van der Waals surface area contributed by atoms with Crippen molar-refractivity contribution in [2.75, 3.05) is 98.2 Å². The summed E-state index contributed by atoms with van der Waals surface area (Å²) < 4.78 is 119. The fourth-order valence-electron chi connectivity index (χ4n) is 18.2. The molecule has 6 aliphatic rings. The van der Waals surface area contributed by atoms with Gasteiger partial charge >= 0.3 is 39.7 Å². The van der Waals surface area contributed by atoms with Crippen molar-refractivity contribution in [2.24, 2.45) is 34.0 Å². The zero-order valence-corrected chi connectivity index (χ0v) is 70.5. The third-order valence-corrected chi connectivity index (χ3v) is 25.2. The highest BCUT2D eigenvalue weighted by molar-refractivity contribution is 6.45. The molecule has 0 spiro atoms. The summed E-state index contributed by atoms with van der Waals surface area (Å²) in [5.74, 6) is 1.48. The lowest BCUT2D eigenvalue weighted by molar-refractivity contribution is -0.142. The largest absolute Gasteiger partial charge is 0.437 e. The van der Waals surface area contributed by atoms with E-state index in [9.17, 15) is 69.0 Å². The molecule has 12 rings (SSSR count). The average Bonchev–Trinajstić information content (AvgIpc) is 0.783. The summed E-state index contributed by atoms with van der Waals surface area (Å²) >= 11 is 0. The topological polar surface area (TPSA) is 141 Å². The molecule has 27 heteroatoms. The molecule has 0 bridgehead atoms. The number of piperidine rings is 3. The fourth-order valence-corrected chi connectivity index (χ4v) is 18.2. The highest BCUT2D eigenvalue weighted by Crippen LogP contribution is 2.43. The van der Waals surface area contributed by atoms with Crippen molar-refractivity contribution in [1.82, 2.24) is 43.8 Å². The zero-order valence-electron chi connectivity index (χ0n) is 70.5. The van der Waals surface area contributed by atoms with Crippen molar-refractivity contribution in [3.05, 3.63) is 214 Å². The monoisotopic (exact) mass is 1630 g/mol. The number of hydrogen-bond acceptors (Lipinski definition) is 12. The molecule has 0 aliphatic carbocycles.